The number of rotatable bonds is 0. The summed E-state index contributed by atoms with van der Waals surface area (Å²) in [5.74, 6) is 1.99. The fraction of sp³-hybridized carbons (Fsp3) is 0.280. The largest absolute Gasteiger partial charge is 0.506 e. The minimum Gasteiger partial charge on any atom is -0.506 e. The molecule has 0 atom stereocenters. The van der Waals surface area contributed by atoms with E-state index in [1.54, 1.807) is 26.8 Å². The number of urea groups is 2. The van der Waals surface area contributed by atoms with Crippen LogP contribution in [0.3, 0.4) is 0 Å². The molecule has 0 saturated heterocycles. The smallest absolute Gasteiger partial charge is 0.413 e. The first-order chi connectivity index (χ1) is 18.9. The predicted octanol–water partition coefficient (Wildman–Crippen LogP) is 2.93. The first kappa shape index (κ1) is 27.7. The van der Waals surface area contributed by atoms with Crippen LogP contribution < -0.4 is 26.6 Å². The van der Waals surface area contributed by atoms with Crippen molar-refractivity contribution in [2.24, 2.45) is 0 Å². The zero-order valence-electron chi connectivity index (χ0n) is 22.1. The highest BCUT2D eigenvalue weighted by Gasteiger charge is 2.22. The van der Waals surface area contributed by atoms with E-state index in [4.69, 9.17) is 9.84 Å². The van der Waals surface area contributed by atoms with Gasteiger partial charge < -0.3 is 30.7 Å². The van der Waals surface area contributed by atoms with E-state index in [0.29, 0.717) is 47.5 Å². The van der Waals surface area contributed by atoms with Crippen molar-refractivity contribution in [1.29, 1.82) is 0 Å². The van der Waals surface area contributed by atoms with Crippen LogP contribution in [-0.2, 0) is 24.4 Å². The maximum atomic E-state index is 11.0. The molecule has 0 aromatic carbocycles. The number of hydrogen-bond donors (Lipinski definition) is 8. The Hall–Kier alpha value is -5.34. The molecule has 3 aliphatic heterocycles. The van der Waals surface area contributed by atoms with Crippen molar-refractivity contribution in [3.8, 4) is 17.2 Å². The Labute approximate surface area is 228 Å². The molecule has 15 nitrogen and oxygen atoms in total. The van der Waals surface area contributed by atoms with Crippen LogP contribution in [0.15, 0.2) is 12.3 Å². The van der Waals surface area contributed by atoms with Crippen molar-refractivity contribution >= 4 is 35.6 Å². The lowest BCUT2D eigenvalue weighted by atomic mass is 10.1. The van der Waals surface area contributed by atoms with E-state index in [-0.39, 0.29) is 35.9 Å². The van der Waals surface area contributed by atoms with Crippen molar-refractivity contribution in [3.05, 3.63) is 51.5 Å². The average molecular weight is 553 g/mol. The van der Waals surface area contributed by atoms with Crippen LogP contribution >= 0.6 is 0 Å². The summed E-state index contributed by atoms with van der Waals surface area (Å²) < 4.78 is 4.78. The van der Waals surface area contributed by atoms with E-state index in [9.17, 15) is 24.6 Å². The van der Waals surface area contributed by atoms with Gasteiger partial charge in [-0.2, -0.15) is 0 Å². The van der Waals surface area contributed by atoms with Crippen LogP contribution in [0.4, 0.5) is 31.8 Å². The second-order valence-electron chi connectivity index (χ2n) is 9.01. The fourth-order valence-corrected chi connectivity index (χ4v) is 4.02. The summed E-state index contributed by atoms with van der Waals surface area (Å²) >= 11 is 0. The van der Waals surface area contributed by atoms with Crippen LogP contribution in [0.2, 0.25) is 0 Å². The molecule has 0 saturated carbocycles. The fourth-order valence-electron chi connectivity index (χ4n) is 4.02. The SMILES string of the molecule is Cc1nc2c(c(C)c1O)CNC(=O)N2.Cc1nc2c(c(C)c1O)COC(=O)N2.O=C1NCc2cc(O)cnc2N1. The van der Waals surface area contributed by atoms with Crippen LogP contribution in [0.5, 0.6) is 17.2 Å². The number of pyridine rings is 3. The number of anilines is 3. The maximum absolute atomic E-state index is 11.0. The molecule has 5 amide bonds. The Morgan fingerprint density at radius 3 is 1.95 bits per heavy atom. The first-order valence-electron chi connectivity index (χ1n) is 12.0. The molecular formula is C25H28N8O7. The molecule has 0 fully saturated rings. The lowest BCUT2D eigenvalue weighted by Crippen LogP contribution is -2.34. The Bertz CT molecular complexity index is 1450. The zero-order chi connectivity index (χ0) is 29.1. The Morgan fingerprint density at radius 1 is 0.750 bits per heavy atom. The Kier molecular flexibility index (Phi) is 7.74. The number of aryl methyl sites for hydroxylation is 2. The van der Waals surface area contributed by atoms with Gasteiger partial charge in [-0.05, 0) is 33.8 Å². The van der Waals surface area contributed by atoms with Crippen LogP contribution in [0.25, 0.3) is 0 Å². The molecule has 8 N–H and O–H groups in total. The molecule has 0 unspecified atom stereocenters. The molecule has 0 bridgehead atoms. The maximum Gasteiger partial charge on any atom is 0.413 e. The van der Waals surface area contributed by atoms with Gasteiger partial charge in [0.05, 0.1) is 17.6 Å². The van der Waals surface area contributed by atoms with Gasteiger partial charge in [0.1, 0.15) is 41.3 Å². The van der Waals surface area contributed by atoms with Crippen LogP contribution in [0.1, 0.15) is 39.2 Å². The summed E-state index contributed by atoms with van der Waals surface area (Å²) in [5.41, 5.74) is 4.86. The average Bonchev–Trinajstić information content (AvgIpc) is 2.91. The van der Waals surface area contributed by atoms with Gasteiger partial charge in [0.15, 0.2) is 0 Å². The lowest BCUT2D eigenvalue weighted by molar-refractivity contribution is 0.150. The van der Waals surface area contributed by atoms with E-state index >= 15 is 0 Å². The predicted molar refractivity (Wildman–Crippen MR) is 142 cm³/mol. The Balaban J connectivity index is 0.000000139. The van der Waals surface area contributed by atoms with E-state index < -0.39 is 6.09 Å². The van der Waals surface area contributed by atoms with Crippen molar-refractivity contribution in [2.75, 3.05) is 16.0 Å². The quantitative estimate of drug-likeness (QED) is 0.204. The van der Waals surface area contributed by atoms with Gasteiger partial charge >= 0.3 is 18.2 Å². The molecule has 0 radical (unpaired) electrons. The third kappa shape index (κ3) is 5.87. The highest BCUT2D eigenvalue weighted by molar-refractivity contribution is 5.92. The van der Waals surface area contributed by atoms with E-state index in [2.05, 4.69) is 41.5 Å². The van der Waals surface area contributed by atoms with Crippen LogP contribution in [-0.4, -0.2) is 48.4 Å². The number of ether oxygens (including phenoxy) is 1. The minimum absolute atomic E-state index is 0.103. The normalized spacial score (nSPS) is 14.3. The second-order valence-corrected chi connectivity index (χ2v) is 9.01. The monoisotopic (exact) mass is 552 g/mol. The summed E-state index contributed by atoms with van der Waals surface area (Å²) in [7, 11) is 0. The number of aromatic nitrogens is 3. The van der Waals surface area contributed by atoms with Gasteiger partial charge in [-0.1, -0.05) is 0 Å². The highest BCUT2D eigenvalue weighted by Crippen LogP contribution is 2.31. The van der Waals surface area contributed by atoms with Crippen molar-refractivity contribution in [2.45, 2.75) is 47.4 Å². The standard InChI is InChI=1S/C9H11N3O2.C9H10N2O3.C7H7N3O2/c1-4-6-3-10-9(14)12-8(6)11-5(2)7(4)13;1-4-6-3-14-9(13)11-8(6)10-5(2)7(4)12;11-5-1-4-2-9-7(12)10-6(4)8-3-5/h13H,3H2,1-2H3,(H2,10,11,12,14);12H,3H2,1-2H3,(H,10,11,13);1,3,11H,2H2,(H2,8,9,10,12). The van der Waals surface area contributed by atoms with E-state index in [1.165, 1.54) is 6.20 Å². The summed E-state index contributed by atoms with van der Waals surface area (Å²) in [4.78, 5) is 44.7. The number of amides is 5. The number of cyclic esters (lactones) is 1. The number of hydrogen-bond acceptors (Lipinski definition) is 10. The van der Waals surface area contributed by atoms with E-state index in [0.717, 1.165) is 22.3 Å². The molecular weight excluding hydrogens is 524 g/mol. The molecule has 210 valence electrons. The highest BCUT2D eigenvalue weighted by atomic mass is 16.5. The first-order valence-corrected chi connectivity index (χ1v) is 12.0. The molecule has 6 rings (SSSR count). The van der Waals surface area contributed by atoms with Gasteiger partial charge in [-0.25, -0.2) is 29.3 Å². The number of carbonyl (C=O) groups is 3. The number of aromatic hydroxyl groups is 3. The Morgan fingerprint density at radius 2 is 1.30 bits per heavy atom. The summed E-state index contributed by atoms with van der Waals surface area (Å²) in [5, 5.41) is 41.1. The summed E-state index contributed by atoms with van der Waals surface area (Å²) in [6.45, 7) is 7.94. The van der Waals surface area contributed by atoms with Gasteiger partial charge in [-0.3, -0.25) is 16.0 Å². The van der Waals surface area contributed by atoms with Gasteiger partial charge in [0, 0.05) is 40.9 Å². The van der Waals surface area contributed by atoms with Gasteiger partial charge in [-0.15, -0.1) is 0 Å². The molecule has 3 aliphatic rings. The van der Waals surface area contributed by atoms with Gasteiger partial charge in [0.2, 0.25) is 0 Å². The molecule has 0 aliphatic carbocycles. The number of nitrogens with zero attached hydrogens (tertiary/aromatic N) is 3. The molecule has 3 aromatic heterocycles. The molecule has 6 heterocycles. The van der Waals surface area contributed by atoms with Crippen molar-refractivity contribution in [3.63, 3.8) is 0 Å². The number of nitrogens with one attached hydrogen (secondary N) is 5. The third-order valence-electron chi connectivity index (χ3n) is 6.28. The van der Waals surface area contributed by atoms with Crippen LogP contribution in [0, 0.1) is 27.7 Å². The summed E-state index contributed by atoms with van der Waals surface area (Å²) in [6.07, 6.45) is 0.791. The molecule has 3 aromatic rings. The zero-order valence-corrected chi connectivity index (χ0v) is 22.1. The summed E-state index contributed by atoms with van der Waals surface area (Å²) in [6, 6.07) is 1.05. The van der Waals surface area contributed by atoms with Crippen molar-refractivity contribution < 1.29 is 34.4 Å². The second kappa shape index (κ2) is 11.2. The molecule has 15 heteroatoms. The molecule has 40 heavy (non-hydrogen) atoms. The number of fused-ring (bicyclic) bond motifs is 3. The number of carbonyl (C=O) groups excluding carboxylic acids is 3. The van der Waals surface area contributed by atoms with E-state index in [1.807, 2.05) is 6.92 Å². The minimum atomic E-state index is -0.505. The lowest BCUT2D eigenvalue weighted by Gasteiger charge is -2.20. The third-order valence-corrected chi connectivity index (χ3v) is 6.28. The van der Waals surface area contributed by atoms with Gasteiger partial charge in [0.25, 0.3) is 0 Å². The molecule has 0 spiro atoms. The van der Waals surface area contributed by atoms with Crippen molar-refractivity contribution in [1.82, 2.24) is 25.6 Å². The topological polar surface area (TPSA) is 220 Å².